The van der Waals surface area contributed by atoms with Crippen LogP contribution in [0.25, 0.3) is 0 Å². The van der Waals surface area contributed by atoms with E-state index in [9.17, 15) is 13.2 Å². The molecule has 27 heavy (non-hydrogen) atoms. The standard InChI is InChI=1S/C21H30N2O3S/c1-3-20(21-11-15-8-16(12-21)10-17(9-15)13-21)23-27(25,26)19-6-4-18(5-7-19)22-14(2)24/h4-7,15-17,20,23H,3,8-13H2,1-2H3,(H,22,24). The Bertz CT molecular complexity index is 781. The molecule has 4 bridgehead atoms. The van der Waals surface area contributed by atoms with Crippen molar-refractivity contribution in [2.75, 3.05) is 5.32 Å². The molecule has 1 atom stereocenters. The van der Waals surface area contributed by atoms with E-state index in [0.717, 1.165) is 24.2 Å². The van der Waals surface area contributed by atoms with Gasteiger partial charge in [-0.25, -0.2) is 13.1 Å². The molecular formula is C21H30N2O3S. The van der Waals surface area contributed by atoms with E-state index in [1.807, 2.05) is 0 Å². The second-order valence-electron chi connectivity index (χ2n) is 9.07. The summed E-state index contributed by atoms with van der Waals surface area (Å²) in [5.74, 6) is 2.22. The zero-order valence-corrected chi connectivity index (χ0v) is 17.0. The van der Waals surface area contributed by atoms with E-state index in [1.54, 1.807) is 24.3 Å². The molecule has 4 fully saturated rings. The summed E-state index contributed by atoms with van der Waals surface area (Å²) < 4.78 is 29.1. The molecule has 5 rings (SSSR count). The van der Waals surface area contributed by atoms with E-state index in [2.05, 4.69) is 17.0 Å². The van der Waals surface area contributed by atoms with Crippen LogP contribution in [0.15, 0.2) is 29.2 Å². The fourth-order valence-electron chi connectivity index (χ4n) is 6.42. The summed E-state index contributed by atoms with van der Waals surface area (Å²) in [5.41, 5.74) is 0.752. The molecule has 6 heteroatoms. The molecule has 0 radical (unpaired) electrons. The normalized spacial score (nSPS) is 33.0. The Morgan fingerprint density at radius 3 is 2.04 bits per heavy atom. The first kappa shape index (κ1) is 18.9. The van der Waals surface area contributed by atoms with E-state index in [4.69, 9.17) is 0 Å². The average molecular weight is 391 g/mol. The highest BCUT2D eigenvalue weighted by molar-refractivity contribution is 7.89. The SMILES string of the molecule is CCC(NS(=O)(=O)c1ccc(NC(C)=O)cc1)C12CC3CC(CC(C3)C1)C2. The van der Waals surface area contributed by atoms with E-state index in [-0.39, 0.29) is 22.3 Å². The van der Waals surface area contributed by atoms with Crippen LogP contribution in [-0.4, -0.2) is 20.4 Å². The fraction of sp³-hybridized carbons (Fsp3) is 0.667. The molecule has 2 N–H and O–H groups in total. The van der Waals surface area contributed by atoms with Gasteiger partial charge in [-0.15, -0.1) is 0 Å². The molecule has 0 saturated heterocycles. The van der Waals surface area contributed by atoms with Crippen LogP contribution in [0.1, 0.15) is 58.8 Å². The smallest absolute Gasteiger partial charge is 0.240 e. The summed E-state index contributed by atoms with van der Waals surface area (Å²) in [4.78, 5) is 11.4. The highest BCUT2D eigenvalue weighted by atomic mass is 32.2. The number of rotatable bonds is 6. The van der Waals surface area contributed by atoms with Crippen LogP contribution in [0.2, 0.25) is 0 Å². The third kappa shape index (κ3) is 3.66. The number of nitrogens with one attached hydrogen (secondary N) is 2. The van der Waals surface area contributed by atoms with Crippen molar-refractivity contribution in [3.8, 4) is 0 Å². The maximum absolute atomic E-state index is 13.0. The molecule has 0 spiro atoms. The number of amides is 1. The minimum Gasteiger partial charge on any atom is -0.326 e. The lowest BCUT2D eigenvalue weighted by Gasteiger charge is -2.59. The second-order valence-corrected chi connectivity index (χ2v) is 10.8. The zero-order chi connectivity index (χ0) is 19.2. The van der Waals surface area contributed by atoms with E-state index < -0.39 is 10.0 Å². The number of carbonyl (C=O) groups is 1. The van der Waals surface area contributed by atoms with Gasteiger partial charge in [-0.1, -0.05) is 6.92 Å². The molecule has 5 nitrogen and oxygen atoms in total. The Balaban J connectivity index is 1.53. The molecule has 0 aromatic heterocycles. The molecule has 1 aromatic rings. The Kier molecular flexibility index (Phi) is 4.83. The largest absolute Gasteiger partial charge is 0.326 e. The maximum atomic E-state index is 13.0. The molecule has 0 aliphatic heterocycles. The lowest BCUT2D eigenvalue weighted by Crippen LogP contribution is -2.56. The van der Waals surface area contributed by atoms with Crippen molar-refractivity contribution in [3.63, 3.8) is 0 Å². The van der Waals surface area contributed by atoms with Crippen molar-refractivity contribution < 1.29 is 13.2 Å². The molecular weight excluding hydrogens is 360 g/mol. The second kappa shape index (κ2) is 6.89. The molecule has 4 aliphatic carbocycles. The molecule has 4 saturated carbocycles. The molecule has 1 unspecified atom stereocenters. The van der Waals surface area contributed by atoms with Crippen LogP contribution in [0.3, 0.4) is 0 Å². The fourth-order valence-corrected chi connectivity index (χ4v) is 7.84. The van der Waals surface area contributed by atoms with E-state index in [1.165, 1.54) is 45.4 Å². The number of benzene rings is 1. The lowest BCUT2D eigenvalue weighted by atomic mass is 9.47. The molecule has 4 aliphatic rings. The van der Waals surface area contributed by atoms with Crippen molar-refractivity contribution in [2.24, 2.45) is 23.2 Å². The minimum atomic E-state index is -3.57. The molecule has 1 amide bonds. The Morgan fingerprint density at radius 2 is 1.59 bits per heavy atom. The first-order valence-electron chi connectivity index (χ1n) is 10.2. The monoisotopic (exact) mass is 390 g/mol. The molecule has 1 aromatic carbocycles. The predicted octanol–water partition coefficient (Wildman–Crippen LogP) is 3.92. The maximum Gasteiger partial charge on any atom is 0.240 e. The first-order valence-corrected chi connectivity index (χ1v) is 11.7. The number of carbonyl (C=O) groups excluding carboxylic acids is 1. The highest BCUT2D eigenvalue weighted by Crippen LogP contribution is 2.61. The third-order valence-electron chi connectivity index (χ3n) is 7.02. The van der Waals surface area contributed by atoms with Crippen molar-refractivity contribution in [1.82, 2.24) is 4.72 Å². The van der Waals surface area contributed by atoms with Gasteiger partial charge in [0.25, 0.3) is 0 Å². The van der Waals surface area contributed by atoms with E-state index >= 15 is 0 Å². The highest BCUT2D eigenvalue weighted by Gasteiger charge is 2.54. The van der Waals surface area contributed by atoms with Gasteiger partial charge in [0.2, 0.25) is 15.9 Å². The summed E-state index contributed by atoms with van der Waals surface area (Å²) in [6.07, 6.45) is 8.44. The van der Waals surface area contributed by atoms with Crippen LogP contribution in [-0.2, 0) is 14.8 Å². The quantitative estimate of drug-likeness (QED) is 0.773. The number of anilines is 1. The summed E-state index contributed by atoms with van der Waals surface area (Å²) in [6, 6.07) is 6.43. The third-order valence-corrected chi connectivity index (χ3v) is 8.50. The average Bonchev–Trinajstić information content (AvgIpc) is 2.58. The van der Waals surface area contributed by atoms with Crippen LogP contribution in [0, 0.1) is 23.2 Å². The van der Waals surface area contributed by atoms with Crippen molar-refractivity contribution in [1.29, 1.82) is 0 Å². The van der Waals surface area contributed by atoms with Crippen LogP contribution < -0.4 is 10.0 Å². The lowest BCUT2D eigenvalue weighted by molar-refractivity contribution is -0.114. The minimum absolute atomic E-state index is 0.00548. The Hall–Kier alpha value is -1.40. The summed E-state index contributed by atoms with van der Waals surface area (Å²) in [5, 5.41) is 2.67. The number of hydrogen-bond acceptors (Lipinski definition) is 3. The van der Waals surface area contributed by atoms with Gasteiger partial charge in [-0.2, -0.15) is 0 Å². The van der Waals surface area contributed by atoms with Gasteiger partial charge in [0, 0.05) is 18.7 Å². The number of sulfonamides is 1. The van der Waals surface area contributed by atoms with Crippen LogP contribution >= 0.6 is 0 Å². The van der Waals surface area contributed by atoms with Gasteiger partial charge >= 0.3 is 0 Å². The summed E-state index contributed by atoms with van der Waals surface area (Å²) in [6.45, 7) is 3.54. The van der Waals surface area contributed by atoms with Gasteiger partial charge in [-0.3, -0.25) is 4.79 Å². The van der Waals surface area contributed by atoms with Gasteiger partial charge < -0.3 is 5.32 Å². The van der Waals surface area contributed by atoms with Crippen LogP contribution in [0.4, 0.5) is 5.69 Å². The predicted molar refractivity (Wildman–Crippen MR) is 106 cm³/mol. The van der Waals surface area contributed by atoms with Crippen LogP contribution in [0.5, 0.6) is 0 Å². The van der Waals surface area contributed by atoms with E-state index in [0.29, 0.717) is 5.69 Å². The first-order chi connectivity index (χ1) is 12.8. The van der Waals surface area contributed by atoms with Gasteiger partial charge in [0.05, 0.1) is 4.90 Å². The van der Waals surface area contributed by atoms with Crippen molar-refractivity contribution in [2.45, 2.75) is 69.7 Å². The van der Waals surface area contributed by atoms with Gasteiger partial charge in [0.15, 0.2) is 0 Å². The number of hydrogen-bond donors (Lipinski definition) is 2. The zero-order valence-electron chi connectivity index (χ0n) is 16.2. The van der Waals surface area contributed by atoms with Gasteiger partial charge in [0.1, 0.15) is 0 Å². The van der Waals surface area contributed by atoms with Gasteiger partial charge in [-0.05, 0) is 92.4 Å². The molecule has 0 heterocycles. The Labute approximate surface area is 162 Å². The Morgan fingerprint density at radius 1 is 1.07 bits per heavy atom. The van der Waals surface area contributed by atoms with Crippen molar-refractivity contribution in [3.05, 3.63) is 24.3 Å². The molecule has 148 valence electrons. The van der Waals surface area contributed by atoms with Crippen molar-refractivity contribution >= 4 is 21.6 Å². The summed E-state index contributed by atoms with van der Waals surface area (Å²) in [7, 11) is -3.57. The topological polar surface area (TPSA) is 75.3 Å². The summed E-state index contributed by atoms with van der Waals surface area (Å²) >= 11 is 0.